The number of thioether (sulfide) groups is 3. The van der Waals surface area contributed by atoms with E-state index in [1.807, 2.05) is 23.5 Å². The predicted octanol–water partition coefficient (Wildman–Crippen LogP) is 0.921. The van der Waals surface area contributed by atoms with Crippen LogP contribution in [0.4, 0.5) is 0 Å². The molecule has 0 bridgehead atoms. The third-order valence-corrected chi connectivity index (χ3v) is 6.02. The first kappa shape index (κ1) is 12.0. The third kappa shape index (κ3) is 5.42. The lowest BCUT2D eigenvalue weighted by Gasteiger charge is -2.20. The zero-order valence-corrected chi connectivity index (χ0v) is 9.97. The predicted molar refractivity (Wildman–Crippen MR) is 64.0 cm³/mol. The van der Waals surface area contributed by atoms with Gasteiger partial charge in [-0.1, -0.05) is 0 Å². The smallest absolute Gasteiger partial charge is 0.0861 e. The fourth-order valence-corrected chi connectivity index (χ4v) is 5.15. The van der Waals surface area contributed by atoms with E-state index in [0.717, 1.165) is 11.0 Å². The van der Waals surface area contributed by atoms with Gasteiger partial charge in [0, 0.05) is 34.0 Å². The summed E-state index contributed by atoms with van der Waals surface area (Å²) in [6.45, 7) is -0.112. The molecule has 2 unspecified atom stereocenters. The molecule has 78 valence electrons. The van der Waals surface area contributed by atoms with Crippen LogP contribution in [0.3, 0.4) is 0 Å². The van der Waals surface area contributed by atoms with E-state index in [2.05, 4.69) is 0 Å². The number of aliphatic hydroxyl groups excluding tert-OH is 2. The summed E-state index contributed by atoms with van der Waals surface area (Å²) in [5.74, 6) is 5.56. The molecule has 2 N–H and O–H groups in total. The Kier molecular flexibility index (Phi) is 6.75. The largest absolute Gasteiger partial charge is 0.394 e. The molecule has 0 radical (unpaired) electrons. The molecule has 0 saturated carbocycles. The van der Waals surface area contributed by atoms with Gasteiger partial charge in [-0.3, -0.25) is 0 Å². The molecule has 5 heteroatoms. The van der Waals surface area contributed by atoms with Crippen molar-refractivity contribution in [1.29, 1.82) is 0 Å². The second-order valence-electron chi connectivity index (χ2n) is 2.94. The van der Waals surface area contributed by atoms with Gasteiger partial charge in [-0.15, -0.1) is 0 Å². The average Bonchev–Trinajstić information content (AvgIpc) is 2.19. The molecule has 0 aromatic carbocycles. The highest BCUT2D eigenvalue weighted by atomic mass is 32.2. The first-order chi connectivity index (χ1) is 6.33. The molecule has 1 saturated heterocycles. The molecule has 2 atom stereocenters. The van der Waals surface area contributed by atoms with Crippen LogP contribution in [0.25, 0.3) is 0 Å². The zero-order chi connectivity index (χ0) is 9.52. The van der Waals surface area contributed by atoms with E-state index in [1.54, 1.807) is 11.8 Å². The molecule has 1 rings (SSSR count). The fourth-order valence-electron chi connectivity index (χ4n) is 1.02. The highest BCUT2D eigenvalue weighted by Gasteiger charge is 2.14. The Bertz CT molecular complexity index is 129. The Hall–Kier alpha value is 0.970. The van der Waals surface area contributed by atoms with Gasteiger partial charge < -0.3 is 10.2 Å². The summed E-state index contributed by atoms with van der Waals surface area (Å²) in [5, 5.41) is 18.4. The van der Waals surface area contributed by atoms with E-state index >= 15 is 0 Å². The monoisotopic (exact) mass is 240 g/mol. The quantitative estimate of drug-likeness (QED) is 0.748. The Morgan fingerprint density at radius 3 is 2.92 bits per heavy atom. The molecule has 0 aromatic rings. The Morgan fingerprint density at radius 2 is 2.31 bits per heavy atom. The van der Waals surface area contributed by atoms with Crippen molar-refractivity contribution in [3.8, 4) is 0 Å². The number of aliphatic hydroxyl groups is 2. The van der Waals surface area contributed by atoms with Gasteiger partial charge in [-0.05, 0) is 0 Å². The minimum Gasteiger partial charge on any atom is -0.394 e. The van der Waals surface area contributed by atoms with Gasteiger partial charge in [-0.25, -0.2) is 0 Å². The molecule has 2 nitrogen and oxygen atoms in total. The minimum absolute atomic E-state index is 0.112. The third-order valence-electron chi connectivity index (χ3n) is 1.71. The fraction of sp³-hybridized carbons (Fsp3) is 1.00. The van der Waals surface area contributed by atoms with Gasteiger partial charge in [0.05, 0.1) is 12.7 Å². The van der Waals surface area contributed by atoms with E-state index in [1.165, 1.54) is 17.3 Å². The first-order valence-electron chi connectivity index (χ1n) is 4.39. The number of rotatable bonds is 5. The lowest BCUT2D eigenvalue weighted by molar-refractivity contribution is 0.113. The van der Waals surface area contributed by atoms with Gasteiger partial charge in [0.2, 0.25) is 0 Å². The highest BCUT2D eigenvalue weighted by molar-refractivity contribution is 8.07. The lowest BCUT2D eigenvalue weighted by Crippen LogP contribution is -2.20. The van der Waals surface area contributed by atoms with Crippen LogP contribution in [0, 0.1) is 0 Å². The molecule has 1 fully saturated rings. The maximum Gasteiger partial charge on any atom is 0.0861 e. The van der Waals surface area contributed by atoms with Crippen molar-refractivity contribution >= 4 is 35.3 Å². The van der Waals surface area contributed by atoms with E-state index in [4.69, 9.17) is 10.2 Å². The Morgan fingerprint density at radius 1 is 1.46 bits per heavy atom. The van der Waals surface area contributed by atoms with Crippen molar-refractivity contribution < 1.29 is 10.2 Å². The number of hydrogen-bond donors (Lipinski definition) is 2. The Labute approximate surface area is 92.2 Å². The maximum absolute atomic E-state index is 9.10. The molecule has 0 amide bonds. The van der Waals surface area contributed by atoms with Crippen LogP contribution >= 0.6 is 35.3 Å². The molecule has 13 heavy (non-hydrogen) atoms. The summed E-state index contributed by atoms with van der Waals surface area (Å²) in [5.41, 5.74) is 0. The lowest BCUT2D eigenvalue weighted by atomic mass is 10.4. The van der Waals surface area contributed by atoms with E-state index in [-0.39, 0.29) is 6.61 Å². The maximum atomic E-state index is 9.10. The molecule has 1 heterocycles. The Balaban J connectivity index is 1.98. The standard InChI is InChI=1S/C8H16O2S3/c9-3-7(10)4-12-6-8-5-11-1-2-13-8/h7-10H,1-6H2. The van der Waals surface area contributed by atoms with Crippen molar-refractivity contribution in [3.05, 3.63) is 0 Å². The van der Waals surface area contributed by atoms with Gasteiger partial charge in [0.25, 0.3) is 0 Å². The van der Waals surface area contributed by atoms with Crippen LogP contribution < -0.4 is 0 Å². The zero-order valence-electron chi connectivity index (χ0n) is 7.52. The number of hydrogen-bond acceptors (Lipinski definition) is 5. The molecular weight excluding hydrogens is 224 g/mol. The van der Waals surface area contributed by atoms with Gasteiger partial charge in [-0.2, -0.15) is 35.3 Å². The second kappa shape index (κ2) is 7.29. The van der Waals surface area contributed by atoms with Gasteiger partial charge in [0.15, 0.2) is 0 Å². The topological polar surface area (TPSA) is 40.5 Å². The summed E-state index contributed by atoms with van der Waals surface area (Å²) in [4.78, 5) is 0. The summed E-state index contributed by atoms with van der Waals surface area (Å²) < 4.78 is 0. The summed E-state index contributed by atoms with van der Waals surface area (Å²) >= 11 is 5.81. The molecule has 1 aliphatic rings. The highest BCUT2D eigenvalue weighted by Crippen LogP contribution is 2.26. The van der Waals surface area contributed by atoms with E-state index < -0.39 is 6.10 Å². The van der Waals surface area contributed by atoms with Gasteiger partial charge in [0.1, 0.15) is 0 Å². The average molecular weight is 240 g/mol. The summed E-state index contributed by atoms with van der Waals surface area (Å²) in [6, 6.07) is 0. The second-order valence-corrected chi connectivity index (χ2v) is 6.57. The van der Waals surface area contributed by atoms with E-state index in [9.17, 15) is 0 Å². The van der Waals surface area contributed by atoms with Crippen LogP contribution in [0.1, 0.15) is 0 Å². The van der Waals surface area contributed by atoms with Crippen LogP contribution in [0.15, 0.2) is 0 Å². The minimum atomic E-state index is -0.536. The van der Waals surface area contributed by atoms with Crippen LogP contribution in [-0.4, -0.2) is 56.9 Å². The summed E-state index contributed by atoms with van der Waals surface area (Å²) in [6.07, 6.45) is -0.536. The molecule has 0 aliphatic carbocycles. The van der Waals surface area contributed by atoms with Gasteiger partial charge >= 0.3 is 0 Å². The van der Waals surface area contributed by atoms with Crippen molar-refractivity contribution in [1.82, 2.24) is 0 Å². The van der Waals surface area contributed by atoms with Crippen molar-refractivity contribution in [2.45, 2.75) is 11.4 Å². The van der Waals surface area contributed by atoms with Crippen LogP contribution in [0.2, 0.25) is 0 Å². The normalized spacial score (nSPS) is 25.8. The molecule has 0 spiro atoms. The molecule has 0 aromatic heterocycles. The molecular formula is C8H16O2S3. The molecule has 1 aliphatic heterocycles. The SMILES string of the molecule is OCC(O)CSCC1CSCCS1. The van der Waals surface area contributed by atoms with Crippen molar-refractivity contribution in [2.75, 3.05) is 35.4 Å². The van der Waals surface area contributed by atoms with Crippen LogP contribution in [-0.2, 0) is 0 Å². The van der Waals surface area contributed by atoms with Crippen LogP contribution in [0.5, 0.6) is 0 Å². The first-order valence-corrected chi connectivity index (χ1v) is 7.74. The van der Waals surface area contributed by atoms with E-state index in [0.29, 0.717) is 5.75 Å². The van der Waals surface area contributed by atoms with Crippen molar-refractivity contribution in [3.63, 3.8) is 0 Å². The van der Waals surface area contributed by atoms with Crippen molar-refractivity contribution in [2.24, 2.45) is 0 Å². The summed E-state index contributed by atoms with van der Waals surface area (Å²) in [7, 11) is 0.